The highest BCUT2D eigenvalue weighted by Crippen LogP contribution is 2.10. The van der Waals surface area contributed by atoms with E-state index in [4.69, 9.17) is 10.00 Å². The van der Waals surface area contributed by atoms with E-state index in [0.29, 0.717) is 5.96 Å². The monoisotopic (exact) mass is 247 g/mol. The van der Waals surface area contributed by atoms with E-state index in [-0.39, 0.29) is 0 Å². The van der Waals surface area contributed by atoms with Crippen molar-refractivity contribution in [2.24, 2.45) is 0 Å². The summed E-state index contributed by atoms with van der Waals surface area (Å²) in [6, 6.07) is 8.07. The Morgan fingerprint density at radius 1 is 1.50 bits per heavy atom. The van der Waals surface area contributed by atoms with Gasteiger partial charge in [-0.05, 0) is 24.3 Å². The molecular formula is C12H17N5O+2. The van der Waals surface area contributed by atoms with Gasteiger partial charge in [-0.25, -0.2) is 10.3 Å². The number of nitriles is 1. The lowest BCUT2D eigenvalue weighted by Crippen LogP contribution is -3.23. The first-order valence-electron chi connectivity index (χ1n) is 5.78. The van der Waals surface area contributed by atoms with Crippen LogP contribution < -0.4 is 25.3 Å². The lowest BCUT2D eigenvalue weighted by atomic mass is 10.2. The Morgan fingerprint density at radius 2 is 2.28 bits per heavy atom. The van der Waals surface area contributed by atoms with Crippen LogP contribution in [0.25, 0.3) is 0 Å². The minimum absolute atomic E-state index is 0.677. The highest BCUT2D eigenvalue weighted by molar-refractivity contribution is 5.75. The van der Waals surface area contributed by atoms with Gasteiger partial charge in [-0.15, -0.1) is 0 Å². The van der Waals surface area contributed by atoms with Crippen molar-refractivity contribution >= 4 is 5.96 Å². The second-order valence-corrected chi connectivity index (χ2v) is 4.09. The fraction of sp³-hybridized carbons (Fsp3) is 0.333. The molecule has 6 heteroatoms. The molecule has 0 saturated carbocycles. The van der Waals surface area contributed by atoms with Crippen LogP contribution in [0.3, 0.4) is 0 Å². The van der Waals surface area contributed by atoms with Crippen LogP contribution in [0.15, 0.2) is 24.3 Å². The lowest BCUT2D eigenvalue weighted by Gasteiger charge is -2.19. The van der Waals surface area contributed by atoms with Gasteiger partial charge in [0.25, 0.3) is 6.19 Å². The molecule has 0 bridgehead atoms. The molecule has 0 fully saturated rings. The zero-order valence-corrected chi connectivity index (χ0v) is 10.3. The summed E-state index contributed by atoms with van der Waals surface area (Å²) in [7, 11) is 1.66. The van der Waals surface area contributed by atoms with Crippen molar-refractivity contribution in [3.05, 3.63) is 29.8 Å². The summed E-state index contributed by atoms with van der Waals surface area (Å²) in [5.41, 5.74) is 1.26. The smallest absolute Gasteiger partial charge is 0.366 e. The maximum atomic E-state index is 8.49. The zero-order valence-electron chi connectivity index (χ0n) is 10.3. The topological polar surface area (TPSA) is 75.5 Å². The number of methoxy groups -OCH3 is 1. The van der Waals surface area contributed by atoms with E-state index in [2.05, 4.69) is 27.8 Å². The summed E-state index contributed by atoms with van der Waals surface area (Å²) in [5, 5.41) is 14.2. The summed E-state index contributed by atoms with van der Waals surface area (Å²) < 4.78 is 5.13. The fourth-order valence-corrected chi connectivity index (χ4v) is 1.85. The van der Waals surface area contributed by atoms with Gasteiger partial charge >= 0.3 is 5.96 Å². The highest BCUT2D eigenvalue weighted by atomic mass is 16.5. The van der Waals surface area contributed by atoms with Crippen LogP contribution in [-0.4, -0.2) is 26.4 Å². The van der Waals surface area contributed by atoms with Gasteiger partial charge in [0.1, 0.15) is 12.3 Å². The van der Waals surface area contributed by atoms with Gasteiger partial charge in [0.15, 0.2) is 13.3 Å². The normalized spacial score (nSPS) is 18.2. The quantitative estimate of drug-likeness (QED) is 0.342. The third-order valence-electron chi connectivity index (χ3n) is 2.82. The predicted octanol–water partition coefficient (Wildman–Crippen LogP) is -2.89. The summed E-state index contributed by atoms with van der Waals surface area (Å²) in [5.74, 6) is 1.55. The van der Waals surface area contributed by atoms with E-state index < -0.39 is 0 Å². The van der Waals surface area contributed by atoms with Gasteiger partial charge in [-0.2, -0.15) is 10.6 Å². The maximum Gasteiger partial charge on any atom is 0.366 e. The molecule has 1 aliphatic heterocycles. The first-order valence-corrected chi connectivity index (χ1v) is 5.78. The van der Waals surface area contributed by atoms with Crippen molar-refractivity contribution in [3.63, 3.8) is 0 Å². The van der Waals surface area contributed by atoms with Gasteiger partial charge in [0, 0.05) is 5.56 Å². The van der Waals surface area contributed by atoms with Crippen molar-refractivity contribution in [1.29, 1.82) is 5.26 Å². The first kappa shape index (κ1) is 12.2. The van der Waals surface area contributed by atoms with Gasteiger partial charge in [0.2, 0.25) is 0 Å². The molecule has 0 aliphatic carbocycles. The summed E-state index contributed by atoms with van der Waals surface area (Å²) in [6.07, 6.45) is 1.88. The molecule has 1 aromatic rings. The van der Waals surface area contributed by atoms with Crippen LogP contribution in [0.4, 0.5) is 0 Å². The summed E-state index contributed by atoms with van der Waals surface area (Å²) in [4.78, 5) is 4.47. The van der Waals surface area contributed by atoms with Crippen molar-refractivity contribution in [1.82, 2.24) is 10.6 Å². The molecule has 2 rings (SSSR count). The molecule has 0 amide bonds. The van der Waals surface area contributed by atoms with Gasteiger partial charge in [-0.1, -0.05) is 0 Å². The number of quaternary nitrogens is 1. The van der Waals surface area contributed by atoms with Crippen molar-refractivity contribution in [3.8, 4) is 11.9 Å². The average Bonchev–Trinajstić information content (AvgIpc) is 2.42. The Hall–Kier alpha value is -2.26. The number of rotatable bonds is 3. The van der Waals surface area contributed by atoms with Gasteiger partial charge in [0.05, 0.1) is 7.11 Å². The number of hydrogen-bond acceptors (Lipinski definition) is 4. The van der Waals surface area contributed by atoms with Crippen LogP contribution in [-0.2, 0) is 6.54 Å². The highest BCUT2D eigenvalue weighted by Gasteiger charge is 2.19. The SMILES string of the molecule is COc1ccc(C[NH+]2CNC(NC#N)=[NH+]C2)cc1. The van der Waals surface area contributed by atoms with Gasteiger partial charge in [-0.3, -0.25) is 4.90 Å². The Bertz CT molecular complexity index is 462. The summed E-state index contributed by atoms with van der Waals surface area (Å²) in [6.45, 7) is 2.48. The Balaban J connectivity index is 1.89. The largest absolute Gasteiger partial charge is 0.497 e. The Kier molecular flexibility index (Phi) is 3.99. The van der Waals surface area contributed by atoms with Crippen LogP contribution in [0, 0.1) is 11.5 Å². The van der Waals surface area contributed by atoms with E-state index >= 15 is 0 Å². The lowest BCUT2D eigenvalue weighted by molar-refractivity contribution is -0.991. The maximum absolute atomic E-state index is 8.49. The van der Waals surface area contributed by atoms with Crippen LogP contribution >= 0.6 is 0 Å². The van der Waals surface area contributed by atoms with Crippen LogP contribution in [0.1, 0.15) is 5.56 Å². The first-order chi connectivity index (χ1) is 8.81. The van der Waals surface area contributed by atoms with E-state index in [0.717, 1.165) is 25.6 Å². The Morgan fingerprint density at radius 3 is 2.83 bits per heavy atom. The van der Waals surface area contributed by atoms with Gasteiger partial charge < -0.3 is 4.74 Å². The second-order valence-electron chi connectivity index (χ2n) is 4.09. The third kappa shape index (κ3) is 3.12. The average molecular weight is 247 g/mol. The minimum Gasteiger partial charge on any atom is -0.497 e. The summed E-state index contributed by atoms with van der Waals surface area (Å²) >= 11 is 0. The molecule has 1 heterocycles. The van der Waals surface area contributed by atoms with Crippen LogP contribution in [0.2, 0.25) is 0 Å². The minimum atomic E-state index is 0.677. The Labute approximate surface area is 106 Å². The fourth-order valence-electron chi connectivity index (χ4n) is 1.85. The standard InChI is InChI=1S/C12H15N5O/c1-18-11-4-2-10(3-5-11)6-17-8-15-12(14-7-13)16-9-17/h2-5H,6,8-9H2,1H3,(H2,14,15,16)/p+2. The molecule has 1 unspecified atom stereocenters. The van der Waals surface area contributed by atoms with E-state index in [1.165, 1.54) is 10.5 Å². The zero-order chi connectivity index (χ0) is 12.8. The molecule has 1 aliphatic rings. The third-order valence-corrected chi connectivity index (χ3v) is 2.82. The van der Waals surface area contributed by atoms with E-state index in [1.54, 1.807) is 7.11 Å². The molecule has 0 aromatic heterocycles. The van der Waals surface area contributed by atoms with Crippen LogP contribution in [0.5, 0.6) is 5.75 Å². The molecule has 6 nitrogen and oxygen atoms in total. The molecule has 94 valence electrons. The van der Waals surface area contributed by atoms with E-state index in [9.17, 15) is 0 Å². The van der Waals surface area contributed by atoms with Crippen molar-refractivity contribution < 1.29 is 14.6 Å². The molecule has 0 radical (unpaired) electrons. The molecular weight excluding hydrogens is 230 g/mol. The number of hydrogen-bond donors (Lipinski definition) is 4. The molecule has 0 spiro atoms. The second kappa shape index (κ2) is 5.89. The number of benzene rings is 1. The van der Waals surface area contributed by atoms with Crippen molar-refractivity contribution in [2.75, 3.05) is 20.4 Å². The number of guanidine groups is 1. The number of nitrogens with one attached hydrogen (secondary N) is 4. The molecule has 1 aromatic carbocycles. The molecule has 1 atom stereocenters. The van der Waals surface area contributed by atoms with E-state index in [1.807, 2.05) is 18.3 Å². The predicted molar refractivity (Wildman–Crippen MR) is 65.2 cm³/mol. The van der Waals surface area contributed by atoms with Crippen molar-refractivity contribution in [2.45, 2.75) is 6.54 Å². The number of nitrogens with zero attached hydrogens (tertiary/aromatic N) is 1. The number of ether oxygens (including phenoxy) is 1. The molecule has 18 heavy (non-hydrogen) atoms. The molecule has 0 saturated heterocycles. The molecule has 4 N–H and O–H groups in total.